The number of nitrogens with one attached hydrogen (secondary N) is 1. The number of hydrogen-bond donors (Lipinski definition) is 1. The Kier molecular flexibility index (Phi) is 3.37. The van der Waals surface area contributed by atoms with Crippen LogP contribution in [0.2, 0.25) is 0 Å². The van der Waals surface area contributed by atoms with E-state index in [1.807, 2.05) is 24.3 Å². The zero-order chi connectivity index (χ0) is 13.9. The van der Waals surface area contributed by atoms with Gasteiger partial charge in [0.25, 0.3) is 5.91 Å². The van der Waals surface area contributed by atoms with Crippen molar-refractivity contribution in [1.82, 2.24) is 15.0 Å². The number of carbonyl (C=O) groups is 1. The summed E-state index contributed by atoms with van der Waals surface area (Å²) in [5.74, 6) is -0.243. The van der Waals surface area contributed by atoms with Crippen molar-refractivity contribution in [2.45, 2.75) is 12.8 Å². The molecule has 1 fully saturated rings. The van der Waals surface area contributed by atoms with Gasteiger partial charge in [0.15, 0.2) is 5.69 Å². The quantitative estimate of drug-likeness (QED) is 0.922. The van der Waals surface area contributed by atoms with Gasteiger partial charge in [0.2, 0.25) is 0 Å². The van der Waals surface area contributed by atoms with Gasteiger partial charge in [-0.05, 0) is 37.1 Å². The van der Waals surface area contributed by atoms with E-state index in [-0.39, 0.29) is 5.91 Å². The van der Waals surface area contributed by atoms with Crippen molar-refractivity contribution in [2.24, 2.45) is 7.05 Å². The highest BCUT2D eigenvalue weighted by Crippen LogP contribution is 2.22. The Bertz CT molecular complexity index is 598. The Morgan fingerprint density at radius 2 is 1.90 bits per heavy atom. The third kappa shape index (κ3) is 2.64. The summed E-state index contributed by atoms with van der Waals surface area (Å²) in [6, 6.07) is 7.92. The average molecular weight is 271 g/mol. The standard InChI is InChI=1S/C14H17N5O/c1-18-10-13(16-17-18)14(20)15-11-4-6-12(7-5-11)19-8-2-3-9-19/h4-7,10H,2-3,8-9H2,1H3,(H,15,20). The van der Waals surface area contributed by atoms with Crippen LogP contribution in [-0.2, 0) is 7.05 Å². The van der Waals surface area contributed by atoms with E-state index >= 15 is 0 Å². The van der Waals surface area contributed by atoms with Crippen LogP contribution in [0.15, 0.2) is 30.5 Å². The second kappa shape index (κ2) is 5.32. The summed E-state index contributed by atoms with van der Waals surface area (Å²) in [4.78, 5) is 14.3. The van der Waals surface area contributed by atoms with Gasteiger partial charge in [0.1, 0.15) is 0 Å². The van der Waals surface area contributed by atoms with Crippen LogP contribution in [0.3, 0.4) is 0 Å². The van der Waals surface area contributed by atoms with Crippen LogP contribution in [0.25, 0.3) is 0 Å². The first kappa shape index (κ1) is 12.7. The van der Waals surface area contributed by atoms with Crippen LogP contribution in [0.1, 0.15) is 23.3 Å². The largest absolute Gasteiger partial charge is 0.372 e. The number of amides is 1. The lowest BCUT2D eigenvalue weighted by atomic mass is 10.2. The predicted octanol–water partition coefficient (Wildman–Crippen LogP) is 1.67. The summed E-state index contributed by atoms with van der Waals surface area (Å²) in [6.07, 6.45) is 4.10. The molecule has 0 saturated carbocycles. The monoisotopic (exact) mass is 271 g/mol. The van der Waals surface area contributed by atoms with Gasteiger partial charge in [0.05, 0.1) is 6.20 Å². The molecule has 1 aromatic heterocycles. The number of carbonyl (C=O) groups excluding carboxylic acids is 1. The van der Waals surface area contributed by atoms with Crippen molar-refractivity contribution in [2.75, 3.05) is 23.3 Å². The first-order valence-corrected chi connectivity index (χ1v) is 6.75. The number of rotatable bonds is 3. The minimum atomic E-state index is -0.243. The minimum absolute atomic E-state index is 0.243. The van der Waals surface area contributed by atoms with E-state index in [9.17, 15) is 4.79 Å². The maximum absolute atomic E-state index is 11.9. The highest BCUT2D eigenvalue weighted by atomic mass is 16.2. The molecule has 0 atom stereocenters. The minimum Gasteiger partial charge on any atom is -0.372 e. The fourth-order valence-electron chi connectivity index (χ4n) is 2.38. The Hall–Kier alpha value is -2.37. The van der Waals surface area contributed by atoms with Gasteiger partial charge in [-0.2, -0.15) is 0 Å². The Morgan fingerprint density at radius 3 is 2.50 bits per heavy atom. The summed E-state index contributed by atoms with van der Waals surface area (Å²) in [5, 5.41) is 10.3. The van der Waals surface area contributed by atoms with Gasteiger partial charge in [-0.1, -0.05) is 5.21 Å². The van der Waals surface area contributed by atoms with Gasteiger partial charge in [0, 0.05) is 31.5 Å². The van der Waals surface area contributed by atoms with E-state index in [1.54, 1.807) is 13.2 Å². The zero-order valence-electron chi connectivity index (χ0n) is 11.4. The molecule has 0 unspecified atom stereocenters. The number of benzene rings is 1. The fourth-order valence-corrected chi connectivity index (χ4v) is 2.38. The average Bonchev–Trinajstić information content (AvgIpc) is 3.10. The lowest BCUT2D eigenvalue weighted by Gasteiger charge is -2.17. The number of hydrogen-bond acceptors (Lipinski definition) is 4. The van der Waals surface area contributed by atoms with Gasteiger partial charge in [-0.15, -0.1) is 5.10 Å². The van der Waals surface area contributed by atoms with Crippen molar-refractivity contribution in [3.8, 4) is 0 Å². The molecule has 1 aromatic carbocycles. The molecule has 0 bridgehead atoms. The van der Waals surface area contributed by atoms with Gasteiger partial charge < -0.3 is 10.2 Å². The third-order valence-corrected chi connectivity index (χ3v) is 3.43. The molecule has 104 valence electrons. The van der Waals surface area contributed by atoms with E-state index in [4.69, 9.17) is 0 Å². The first-order valence-electron chi connectivity index (χ1n) is 6.75. The fraction of sp³-hybridized carbons (Fsp3) is 0.357. The van der Waals surface area contributed by atoms with E-state index in [2.05, 4.69) is 20.5 Å². The van der Waals surface area contributed by atoms with E-state index < -0.39 is 0 Å². The topological polar surface area (TPSA) is 63.1 Å². The molecule has 2 aromatic rings. The summed E-state index contributed by atoms with van der Waals surface area (Å²) < 4.78 is 1.51. The lowest BCUT2D eigenvalue weighted by Crippen LogP contribution is -2.17. The van der Waals surface area contributed by atoms with Crippen LogP contribution in [-0.4, -0.2) is 34.0 Å². The van der Waals surface area contributed by atoms with Crippen molar-refractivity contribution in [3.05, 3.63) is 36.2 Å². The molecule has 1 aliphatic rings. The maximum atomic E-state index is 11.9. The van der Waals surface area contributed by atoms with Crippen LogP contribution in [0, 0.1) is 0 Å². The second-order valence-electron chi connectivity index (χ2n) is 4.97. The molecule has 0 aliphatic carbocycles. The molecule has 2 heterocycles. The van der Waals surface area contributed by atoms with Crippen molar-refractivity contribution >= 4 is 17.3 Å². The highest BCUT2D eigenvalue weighted by Gasteiger charge is 2.13. The van der Waals surface area contributed by atoms with Crippen molar-refractivity contribution in [3.63, 3.8) is 0 Å². The van der Waals surface area contributed by atoms with Crippen molar-refractivity contribution < 1.29 is 4.79 Å². The summed E-state index contributed by atoms with van der Waals surface area (Å²) in [7, 11) is 1.73. The lowest BCUT2D eigenvalue weighted by molar-refractivity contribution is 0.102. The smallest absolute Gasteiger partial charge is 0.277 e. The van der Waals surface area contributed by atoms with Gasteiger partial charge in [-0.25, -0.2) is 0 Å². The Labute approximate surface area is 117 Å². The molecular formula is C14H17N5O. The molecule has 6 heteroatoms. The van der Waals surface area contributed by atoms with E-state index in [1.165, 1.54) is 23.2 Å². The van der Waals surface area contributed by atoms with Crippen LogP contribution in [0.4, 0.5) is 11.4 Å². The molecule has 3 rings (SSSR count). The number of aromatic nitrogens is 3. The Balaban J connectivity index is 1.67. The van der Waals surface area contributed by atoms with Gasteiger partial charge in [-0.3, -0.25) is 9.48 Å². The normalized spacial score (nSPS) is 14.6. The molecule has 1 N–H and O–H groups in total. The molecule has 1 aliphatic heterocycles. The molecular weight excluding hydrogens is 254 g/mol. The van der Waals surface area contributed by atoms with Crippen LogP contribution < -0.4 is 10.2 Å². The first-order chi connectivity index (χ1) is 9.72. The molecule has 0 spiro atoms. The number of anilines is 2. The molecule has 1 saturated heterocycles. The van der Waals surface area contributed by atoms with E-state index in [0.29, 0.717) is 5.69 Å². The predicted molar refractivity (Wildman–Crippen MR) is 76.8 cm³/mol. The Morgan fingerprint density at radius 1 is 1.20 bits per heavy atom. The molecule has 20 heavy (non-hydrogen) atoms. The molecule has 6 nitrogen and oxygen atoms in total. The second-order valence-corrected chi connectivity index (χ2v) is 4.97. The number of aryl methyl sites for hydroxylation is 1. The molecule has 0 radical (unpaired) electrons. The summed E-state index contributed by atoms with van der Waals surface area (Å²) >= 11 is 0. The summed E-state index contributed by atoms with van der Waals surface area (Å²) in [5.41, 5.74) is 2.29. The molecule has 1 amide bonds. The van der Waals surface area contributed by atoms with Gasteiger partial charge >= 0.3 is 0 Å². The zero-order valence-corrected chi connectivity index (χ0v) is 11.4. The number of nitrogens with zero attached hydrogens (tertiary/aromatic N) is 4. The highest BCUT2D eigenvalue weighted by molar-refractivity contribution is 6.02. The third-order valence-electron chi connectivity index (χ3n) is 3.43. The summed E-state index contributed by atoms with van der Waals surface area (Å²) in [6.45, 7) is 2.23. The maximum Gasteiger partial charge on any atom is 0.277 e. The van der Waals surface area contributed by atoms with Crippen LogP contribution in [0.5, 0.6) is 0 Å². The SMILES string of the molecule is Cn1cc(C(=O)Nc2ccc(N3CCCC3)cc2)nn1. The van der Waals surface area contributed by atoms with Crippen LogP contribution >= 0.6 is 0 Å². The van der Waals surface area contributed by atoms with Crippen molar-refractivity contribution in [1.29, 1.82) is 0 Å². The van der Waals surface area contributed by atoms with E-state index in [0.717, 1.165) is 18.8 Å².